The van der Waals surface area contributed by atoms with Crippen molar-refractivity contribution in [2.24, 2.45) is 0 Å². The lowest BCUT2D eigenvalue weighted by atomic mass is 10.1. The molecule has 0 fully saturated rings. The van der Waals surface area contributed by atoms with E-state index in [0.717, 1.165) is 36.1 Å². The van der Waals surface area contributed by atoms with Crippen LogP contribution in [0.3, 0.4) is 0 Å². The fourth-order valence-electron chi connectivity index (χ4n) is 2.25. The van der Waals surface area contributed by atoms with E-state index in [4.69, 9.17) is 0 Å². The second-order valence-corrected chi connectivity index (χ2v) is 5.68. The second-order valence-electron chi connectivity index (χ2n) is 5.68. The molecular weight excluding hydrogens is 303 g/mol. The molecule has 0 saturated heterocycles. The Labute approximate surface area is 134 Å². The number of rotatable bonds is 6. The number of phenolic OH excluding ortho intramolecular Hbond substituents is 1. The predicted octanol–water partition coefficient (Wildman–Crippen LogP) is 4.52. The minimum atomic E-state index is -4.29. The molecule has 0 amide bonds. The molecule has 0 aliphatic rings. The minimum absolute atomic E-state index is 0.242. The number of phenols is 1. The third kappa shape index (κ3) is 5.60. The van der Waals surface area contributed by atoms with Gasteiger partial charge >= 0.3 is 6.18 Å². The Morgan fingerprint density at radius 2 is 1.52 bits per heavy atom. The molecule has 5 heteroatoms. The van der Waals surface area contributed by atoms with Crippen LogP contribution in [0.25, 0.3) is 0 Å². The zero-order chi connectivity index (χ0) is 16.9. The molecule has 0 saturated carbocycles. The number of benzene rings is 2. The number of nitrogens with one attached hydrogen (secondary N) is 1. The van der Waals surface area contributed by atoms with E-state index >= 15 is 0 Å². The molecule has 0 aliphatic heterocycles. The van der Waals surface area contributed by atoms with Crippen molar-refractivity contribution in [1.29, 1.82) is 0 Å². The summed E-state index contributed by atoms with van der Waals surface area (Å²) in [7, 11) is 0. The minimum Gasteiger partial charge on any atom is -0.508 e. The molecule has 2 rings (SSSR count). The summed E-state index contributed by atoms with van der Waals surface area (Å²) in [5.41, 5.74) is 1.35. The van der Waals surface area contributed by atoms with Crippen molar-refractivity contribution < 1.29 is 18.3 Å². The third-order valence-electron chi connectivity index (χ3n) is 3.74. The summed E-state index contributed by atoms with van der Waals surface area (Å²) in [6, 6.07) is 12.6. The normalized spacial score (nSPS) is 13.0. The molecule has 2 N–H and O–H groups in total. The molecule has 23 heavy (non-hydrogen) atoms. The smallest absolute Gasteiger partial charge is 0.416 e. The van der Waals surface area contributed by atoms with Gasteiger partial charge in [-0.25, -0.2) is 0 Å². The van der Waals surface area contributed by atoms with Crippen LogP contribution in [0.5, 0.6) is 5.75 Å². The topological polar surface area (TPSA) is 32.3 Å². The van der Waals surface area contributed by atoms with Gasteiger partial charge in [0.2, 0.25) is 0 Å². The average molecular weight is 323 g/mol. The summed E-state index contributed by atoms with van der Waals surface area (Å²) >= 11 is 0. The lowest BCUT2D eigenvalue weighted by molar-refractivity contribution is -0.137. The summed E-state index contributed by atoms with van der Waals surface area (Å²) in [6.45, 7) is 2.58. The van der Waals surface area contributed by atoms with E-state index in [1.54, 1.807) is 12.1 Å². The van der Waals surface area contributed by atoms with Crippen LogP contribution >= 0.6 is 0 Å². The highest BCUT2D eigenvalue weighted by Gasteiger charge is 2.29. The third-order valence-corrected chi connectivity index (χ3v) is 3.74. The first-order valence-electron chi connectivity index (χ1n) is 7.52. The lowest BCUT2D eigenvalue weighted by Crippen LogP contribution is -2.26. The molecule has 0 spiro atoms. The van der Waals surface area contributed by atoms with Gasteiger partial charge in [-0.3, -0.25) is 0 Å². The van der Waals surface area contributed by atoms with Crippen LogP contribution in [0, 0.1) is 0 Å². The molecule has 1 atom stereocenters. The van der Waals surface area contributed by atoms with Gasteiger partial charge in [0.15, 0.2) is 0 Å². The van der Waals surface area contributed by atoms with Crippen molar-refractivity contribution in [3.63, 3.8) is 0 Å². The summed E-state index contributed by atoms with van der Waals surface area (Å²) in [6.07, 6.45) is -2.50. The van der Waals surface area contributed by atoms with Crippen molar-refractivity contribution in [3.05, 3.63) is 65.2 Å². The summed E-state index contributed by atoms with van der Waals surface area (Å²) < 4.78 is 37.5. The van der Waals surface area contributed by atoms with Gasteiger partial charge in [-0.05, 0) is 55.2 Å². The quantitative estimate of drug-likeness (QED) is 0.819. The first-order valence-corrected chi connectivity index (χ1v) is 7.52. The number of aromatic hydroxyl groups is 1. The zero-order valence-corrected chi connectivity index (χ0v) is 12.9. The van der Waals surface area contributed by atoms with Gasteiger partial charge in [0.05, 0.1) is 5.56 Å². The Hall–Kier alpha value is -2.01. The van der Waals surface area contributed by atoms with Crippen LogP contribution in [-0.2, 0) is 19.1 Å². The van der Waals surface area contributed by atoms with Gasteiger partial charge in [0, 0.05) is 12.6 Å². The first-order chi connectivity index (χ1) is 10.8. The molecule has 0 aliphatic carbocycles. The highest BCUT2D eigenvalue weighted by molar-refractivity contribution is 5.26. The summed E-state index contributed by atoms with van der Waals surface area (Å²) in [4.78, 5) is 0. The van der Waals surface area contributed by atoms with Crippen LogP contribution in [0.2, 0.25) is 0 Å². The van der Waals surface area contributed by atoms with Crippen LogP contribution < -0.4 is 5.32 Å². The molecular formula is C18H20F3NO. The average Bonchev–Trinajstić information content (AvgIpc) is 2.52. The van der Waals surface area contributed by atoms with E-state index in [0.29, 0.717) is 6.54 Å². The Kier molecular flexibility index (Phi) is 5.66. The van der Waals surface area contributed by atoms with Crippen molar-refractivity contribution in [1.82, 2.24) is 5.32 Å². The Balaban J connectivity index is 1.77. The Morgan fingerprint density at radius 1 is 0.957 bits per heavy atom. The van der Waals surface area contributed by atoms with Gasteiger partial charge in [-0.1, -0.05) is 24.3 Å². The number of alkyl halides is 3. The number of halogens is 3. The lowest BCUT2D eigenvalue weighted by Gasteiger charge is -2.14. The van der Waals surface area contributed by atoms with Crippen LogP contribution in [-0.4, -0.2) is 11.1 Å². The van der Waals surface area contributed by atoms with E-state index in [1.807, 2.05) is 19.1 Å². The van der Waals surface area contributed by atoms with Crippen molar-refractivity contribution in [3.8, 4) is 5.75 Å². The Morgan fingerprint density at radius 3 is 2.09 bits per heavy atom. The standard InChI is InChI=1S/C18H20F3NO/c1-13(2-3-14-6-10-17(23)11-7-14)22-12-15-4-8-16(9-5-15)18(19,20)21/h4-11,13,22-23H,2-3,12H2,1H3. The van der Waals surface area contributed by atoms with Gasteiger partial charge in [0.1, 0.15) is 5.75 Å². The molecule has 0 aromatic heterocycles. The second kappa shape index (κ2) is 7.51. The van der Waals surface area contributed by atoms with Crippen LogP contribution in [0.1, 0.15) is 30.0 Å². The molecule has 1 unspecified atom stereocenters. The Bertz CT molecular complexity index is 606. The molecule has 2 aromatic rings. The van der Waals surface area contributed by atoms with Gasteiger partial charge in [-0.15, -0.1) is 0 Å². The van der Waals surface area contributed by atoms with E-state index in [2.05, 4.69) is 5.32 Å². The highest BCUT2D eigenvalue weighted by atomic mass is 19.4. The van der Waals surface area contributed by atoms with Crippen LogP contribution in [0.4, 0.5) is 13.2 Å². The van der Waals surface area contributed by atoms with Gasteiger partial charge in [0.25, 0.3) is 0 Å². The molecule has 124 valence electrons. The SMILES string of the molecule is CC(CCc1ccc(O)cc1)NCc1ccc(C(F)(F)F)cc1. The number of hydrogen-bond donors (Lipinski definition) is 2. The number of hydrogen-bond acceptors (Lipinski definition) is 2. The largest absolute Gasteiger partial charge is 0.508 e. The van der Waals surface area contributed by atoms with E-state index in [9.17, 15) is 18.3 Å². The molecule has 2 nitrogen and oxygen atoms in total. The molecule has 0 bridgehead atoms. The maximum absolute atomic E-state index is 12.5. The van der Waals surface area contributed by atoms with Gasteiger partial charge in [-0.2, -0.15) is 13.2 Å². The van der Waals surface area contributed by atoms with E-state index in [-0.39, 0.29) is 11.8 Å². The molecule has 0 radical (unpaired) electrons. The fourth-order valence-corrected chi connectivity index (χ4v) is 2.25. The van der Waals surface area contributed by atoms with Crippen molar-refractivity contribution in [2.45, 2.75) is 38.5 Å². The highest BCUT2D eigenvalue weighted by Crippen LogP contribution is 2.29. The van der Waals surface area contributed by atoms with E-state index < -0.39 is 11.7 Å². The molecule has 2 aromatic carbocycles. The summed E-state index contributed by atoms with van der Waals surface area (Å²) in [5, 5.41) is 12.5. The zero-order valence-electron chi connectivity index (χ0n) is 12.9. The van der Waals surface area contributed by atoms with E-state index in [1.165, 1.54) is 12.1 Å². The van der Waals surface area contributed by atoms with Crippen LogP contribution in [0.15, 0.2) is 48.5 Å². The maximum Gasteiger partial charge on any atom is 0.416 e. The number of aryl methyl sites for hydroxylation is 1. The monoisotopic (exact) mass is 323 g/mol. The fraction of sp³-hybridized carbons (Fsp3) is 0.333. The first kappa shape index (κ1) is 17.3. The summed E-state index contributed by atoms with van der Waals surface area (Å²) in [5.74, 6) is 0.252. The maximum atomic E-state index is 12.5. The van der Waals surface area contributed by atoms with Crippen molar-refractivity contribution >= 4 is 0 Å². The van der Waals surface area contributed by atoms with Crippen molar-refractivity contribution in [2.75, 3.05) is 0 Å². The van der Waals surface area contributed by atoms with Gasteiger partial charge < -0.3 is 10.4 Å². The predicted molar refractivity (Wildman–Crippen MR) is 84.2 cm³/mol. The molecule has 0 heterocycles.